The topological polar surface area (TPSA) is 74.6 Å². The molecule has 0 aromatic heterocycles. The van der Waals surface area contributed by atoms with Gasteiger partial charge in [0.2, 0.25) is 0 Å². The largest absolute Gasteiger partial charge is 0.478 e. The van der Waals surface area contributed by atoms with E-state index in [4.69, 9.17) is 5.11 Å². The number of aliphatic hydroxyl groups is 1. The van der Waals surface area contributed by atoms with Crippen LogP contribution in [0.3, 0.4) is 0 Å². The molecule has 0 saturated heterocycles. The first-order chi connectivity index (χ1) is 14.0. The van der Waals surface area contributed by atoms with Gasteiger partial charge < -0.3 is 10.2 Å². The lowest BCUT2D eigenvalue weighted by atomic mass is 9.62. The molecular formula is C26H28O4. The number of rotatable bonds is 5. The van der Waals surface area contributed by atoms with Crippen LogP contribution in [0, 0.1) is 5.41 Å². The van der Waals surface area contributed by atoms with Crippen LogP contribution in [0.25, 0.3) is 10.8 Å². The highest BCUT2D eigenvalue weighted by Crippen LogP contribution is 2.47. The number of carbonyl (C=O) groups is 2. The van der Waals surface area contributed by atoms with Gasteiger partial charge in [-0.3, -0.25) is 4.79 Å². The molecule has 0 amide bonds. The highest BCUT2D eigenvalue weighted by atomic mass is 16.4. The number of carbonyl (C=O) groups excluding carboxylic acids is 1. The SMILES string of the molecule is CC1=C(Cc2ccc3ccccc3c2)C(=O)CC(C)(C)[C@@]1(O)/C=C/C(C)=C\C(=O)O. The van der Waals surface area contributed by atoms with Crippen molar-refractivity contribution in [1.82, 2.24) is 0 Å². The van der Waals surface area contributed by atoms with Gasteiger partial charge >= 0.3 is 5.97 Å². The Morgan fingerprint density at radius 2 is 1.80 bits per heavy atom. The lowest BCUT2D eigenvalue weighted by molar-refractivity contribution is -0.131. The molecule has 0 saturated carbocycles. The number of fused-ring (bicyclic) bond motifs is 1. The van der Waals surface area contributed by atoms with Crippen LogP contribution >= 0.6 is 0 Å². The van der Waals surface area contributed by atoms with Crippen molar-refractivity contribution in [3.63, 3.8) is 0 Å². The van der Waals surface area contributed by atoms with E-state index in [-0.39, 0.29) is 12.2 Å². The molecular weight excluding hydrogens is 376 g/mol. The minimum Gasteiger partial charge on any atom is -0.478 e. The van der Waals surface area contributed by atoms with Crippen LogP contribution in [0.2, 0.25) is 0 Å². The van der Waals surface area contributed by atoms with E-state index in [1.54, 1.807) is 26.0 Å². The summed E-state index contributed by atoms with van der Waals surface area (Å²) < 4.78 is 0. The van der Waals surface area contributed by atoms with Gasteiger partial charge in [-0.1, -0.05) is 62.4 Å². The number of ketones is 1. The van der Waals surface area contributed by atoms with Gasteiger partial charge in [0.05, 0.1) is 0 Å². The van der Waals surface area contributed by atoms with Crippen molar-refractivity contribution in [1.29, 1.82) is 0 Å². The quantitative estimate of drug-likeness (QED) is 0.542. The van der Waals surface area contributed by atoms with Gasteiger partial charge in [0.15, 0.2) is 5.78 Å². The van der Waals surface area contributed by atoms with Crippen molar-refractivity contribution in [2.24, 2.45) is 5.41 Å². The van der Waals surface area contributed by atoms with E-state index < -0.39 is 17.0 Å². The van der Waals surface area contributed by atoms with Gasteiger partial charge in [0.1, 0.15) is 5.60 Å². The zero-order valence-electron chi connectivity index (χ0n) is 17.9. The molecule has 2 aromatic carbocycles. The molecule has 0 radical (unpaired) electrons. The predicted octanol–water partition coefficient (Wildman–Crippen LogP) is 5.02. The lowest BCUT2D eigenvalue weighted by Gasteiger charge is -2.46. The second-order valence-electron chi connectivity index (χ2n) is 8.77. The summed E-state index contributed by atoms with van der Waals surface area (Å²) in [7, 11) is 0. The van der Waals surface area contributed by atoms with Crippen LogP contribution in [0.4, 0.5) is 0 Å². The Labute approximate surface area is 177 Å². The highest BCUT2D eigenvalue weighted by molar-refractivity contribution is 5.99. The van der Waals surface area contributed by atoms with Crippen LogP contribution in [0.15, 0.2) is 77.4 Å². The maximum absolute atomic E-state index is 13.0. The fourth-order valence-electron chi connectivity index (χ4n) is 4.22. The minimum absolute atomic E-state index is 0.0431. The summed E-state index contributed by atoms with van der Waals surface area (Å²) in [5.41, 5.74) is 0.728. The molecule has 0 bridgehead atoms. The van der Waals surface area contributed by atoms with Crippen molar-refractivity contribution >= 4 is 22.5 Å². The Kier molecular flexibility index (Phi) is 5.82. The van der Waals surface area contributed by atoms with E-state index >= 15 is 0 Å². The first-order valence-corrected chi connectivity index (χ1v) is 10.1. The van der Waals surface area contributed by atoms with Crippen molar-refractivity contribution < 1.29 is 19.8 Å². The monoisotopic (exact) mass is 404 g/mol. The van der Waals surface area contributed by atoms with E-state index in [1.807, 2.05) is 44.2 Å². The number of aliphatic carboxylic acids is 1. The molecule has 2 aromatic rings. The van der Waals surface area contributed by atoms with Crippen LogP contribution < -0.4 is 0 Å². The zero-order valence-corrected chi connectivity index (χ0v) is 17.9. The molecule has 1 atom stereocenters. The number of carboxylic acid groups (broad SMARTS) is 1. The Morgan fingerprint density at radius 1 is 1.13 bits per heavy atom. The number of benzene rings is 2. The molecule has 0 aliphatic heterocycles. The van der Waals surface area contributed by atoms with Crippen LogP contribution in [-0.2, 0) is 16.0 Å². The Bertz CT molecular complexity index is 1100. The van der Waals surface area contributed by atoms with E-state index in [2.05, 4.69) is 12.1 Å². The first-order valence-electron chi connectivity index (χ1n) is 10.1. The summed E-state index contributed by atoms with van der Waals surface area (Å²) in [6.07, 6.45) is 5.00. The standard InChI is InChI=1S/C26H28O4/c1-17(13-24(28)29)11-12-26(30)18(2)22(23(27)16-25(26,3)4)15-19-9-10-20-7-5-6-8-21(20)14-19/h5-14,30H,15-16H2,1-4H3,(H,28,29)/b12-11+,17-13-/t26-/m1/s1. The third kappa shape index (κ3) is 4.14. The molecule has 0 spiro atoms. The van der Waals surface area contributed by atoms with E-state index in [0.29, 0.717) is 23.1 Å². The molecule has 2 N–H and O–H groups in total. The van der Waals surface area contributed by atoms with Gasteiger partial charge in [-0.2, -0.15) is 0 Å². The van der Waals surface area contributed by atoms with Crippen molar-refractivity contribution in [2.75, 3.05) is 0 Å². The Morgan fingerprint density at radius 3 is 2.47 bits per heavy atom. The number of carboxylic acids is 1. The van der Waals surface area contributed by atoms with Gasteiger partial charge in [0, 0.05) is 29.9 Å². The maximum atomic E-state index is 13.0. The van der Waals surface area contributed by atoms with Gasteiger partial charge in [0.25, 0.3) is 0 Å². The van der Waals surface area contributed by atoms with Gasteiger partial charge in [-0.05, 0) is 47.4 Å². The van der Waals surface area contributed by atoms with Gasteiger partial charge in [-0.15, -0.1) is 0 Å². The zero-order chi connectivity index (χ0) is 22.1. The molecule has 1 aliphatic carbocycles. The summed E-state index contributed by atoms with van der Waals surface area (Å²) in [6, 6.07) is 14.2. The average Bonchev–Trinajstić information content (AvgIpc) is 2.67. The van der Waals surface area contributed by atoms with Crippen LogP contribution in [-0.4, -0.2) is 27.6 Å². The van der Waals surface area contributed by atoms with Crippen molar-refractivity contribution in [2.45, 2.75) is 46.1 Å². The molecule has 0 fully saturated rings. The normalized spacial score (nSPS) is 22.2. The molecule has 156 valence electrons. The lowest BCUT2D eigenvalue weighted by Crippen LogP contribution is -2.49. The smallest absolute Gasteiger partial charge is 0.328 e. The van der Waals surface area contributed by atoms with Gasteiger partial charge in [-0.25, -0.2) is 4.79 Å². The molecule has 4 heteroatoms. The third-order valence-electron chi connectivity index (χ3n) is 6.13. The third-order valence-corrected chi connectivity index (χ3v) is 6.13. The summed E-state index contributed by atoms with van der Waals surface area (Å²) in [6.45, 7) is 7.20. The number of Topliss-reactive ketones (excluding diaryl/α,β-unsaturated/α-hetero) is 1. The molecule has 4 nitrogen and oxygen atoms in total. The number of allylic oxidation sites excluding steroid dienone is 3. The summed E-state index contributed by atoms with van der Waals surface area (Å²) in [4.78, 5) is 23.9. The Balaban J connectivity index is 2.03. The second kappa shape index (κ2) is 8.04. The molecule has 3 rings (SSSR count). The fraction of sp³-hybridized carbons (Fsp3) is 0.308. The van der Waals surface area contributed by atoms with E-state index in [0.717, 1.165) is 22.4 Å². The highest BCUT2D eigenvalue weighted by Gasteiger charge is 2.49. The molecule has 0 heterocycles. The summed E-state index contributed by atoms with van der Waals surface area (Å²) in [5, 5.41) is 22.8. The first kappa shape index (κ1) is 21.7. The predicted molar refractivity (Wildman–Crippen MR) is 119 cm³/mol. The van der Waals surface area contributed by atoms with Crippen molar-refractivity contribution in [3.8, 4) is 0 Å². The molecule has 1 aliphatic rings. The summed E-state index contributed by atoms with van der Waals surface area (Å²) in [5.74, 6) is -0.993. The van der Waals surface area contributed by atoms with E-state index in [9.17, 15) is 14.7 Å². The number of hydrogen-bond donors (Lipinski definition) is 2. The fourth-order valence-corrected chi connectivity index (χ4v) is 4.22. The van der Waals surface area contributed by atoms with Crippen LogP contribution in [0.1, 0.15) is 39.7 Å². The van der Waals surface area contributed by atoms with Crippen molar-refractivity contribution in [3.05, 3.63) is 83.0 Å². The molecule has 0 unspecified atom stereocenters. The number of hydrogen-bond acceptors (Lipinski definition) is 3. The Hall–Kier alpha value is -2.98. The second-order valence-corrected chi connectivity index (χ2v) is 8.77. The van der Waals surface area contributed by atoms with E-state index in [1.165, 1.54) is 0 Å². The minimum atomic E-state index is -1.35. The molecule has 30 heavy (non-hydrogen) atoms. The van der Waals surface area contributed by atoms with Crippen LogP contribution in [0.5, 0.6) is 0 Å². The maximum Gasteiger partial charge on any atom is 0.328 e. The average molecular weight is 405 g/mol. The summed E-state index contributed by atoms with van der Waals surface area (Å²) >= 11 is 0.